The van der Waals surface area contributed by atoms with E-state index in [1.165, 1.54) is 0 Å². The predicted molar refractivity (Wildman–Crippen MR) is 122 cm³/mol. The van der Waals surface area contributed by atoms with E-state index >= 15 is 0 Å². The number of aromatic nitrogens is 2. The molecule has 0 unspecified atom stereocenters. The first-order valence-electron chi connectivity index (χ1n) is 11.0. The molecule has 0 aliphatic carbocycles. The van der Waals surface area contributed by atoms with E-state index in [-0.39, 0.29) is 0 Å². The lowest BCUT2D eigenvalue weighted by Gasteiger charge is -2.09. The summed E-state index contributed by atoms with van der Waals surface area (Å²) < 4.78 is 25.5. The van der Waals surface area contributed by atoms with Crippen molar-refractivity contribution >= 4 is 0 Å². The Balaban J connectivity index is 1.77. The molecule has 0 atom stereocenters. The van der Waals surface area contributed by atoms with Crippen molar-refractivity contribution in [1.29, 1.82) is 0 Å². The Morgan fingerprint density at radius 2 is 1.52 bits per heavy atom. The second-order valence-corrected chi connectivity index (χ2v) is 7.12. The molecule has 0 N–H and O–H groups in total. The summed E-state index contributed by atoms with van der Waals surface area (Å²) >= 11 is 0. The predicted octanol–water partition coefficient (Wildman–Crippen LogP) is 6.41. The fraction of sp³-hybridized carbons (Fsp3) is 0.148. The first kappa shape index (κ1) is 15.4. The molecule has 4 rings (SSSR count). The van der Waals surface area contributed by atoms with Crippen molar-refractivity contribution < 1.29 is 4.11 Å². The molecule has 0 aliphatic rings. The molecule has 142 valence electrons. The van der Waals surface area contributed by atoms with E-state index < -0.39 is 6.85 Å². The Morgan fingerprint density at radius 1 is 0.862 bits per heavy atom. The SMILES string of the molecule is [2H]C([2H])([2H])c1cc(C#CC)cc(-c2cccc(-c3cccc(-c4cn(C)c(C)n4)c3)c2)c1. The zero-order chi connectivity index (χ0) is 22.9. The number of imidazole rings is 1. The van der Waals surface area contributed by atoms with Crippen LogP contribution >= 0.6 is 0 Å². The number of hydrogen-bond acceptors (Lipinski definition) is 1. The molecule has 0 saturated carbocycles. The van der Waals surface area contributed by atoms with Crippen molar-refractivity contribution in [3.8, 4) is 45.4 Å². The van der Waals surface area contributed by atoms with Crippen LogP contribution in [-0.2, 0) is 7.05 Å². The van der Waals surface area contributed by atoms with Crippen molar-refractivity contribution in [3.05, 3.63) is 89.9 Å². The summed E-state index contributed by atoms with van der Waals surface area (Å²) in [7, 11) is 1.99. The average molecular weight is 380 g/mol. The second-order valence-electron chi connectivity index (χ2n) is 7.12. The molecule has 4 aromatic rings. The van der Waals surface area contributed by atoms with E-state index in [0.717, 1.165) is 39.3 Å². The minimum Gasteiger partial charge on any atom is -0.338 e. The maximum absolute atomic E-state index is 7.84. The molecule has 1 aromatic heterocycles. The summed E-state index contributed by atoms with van der Waals surface area (Å²) in [6.45, 7) is 1.55. The number of aryl methyl sites for hydroxylation is 3. The van der Waals surface area contributed by atoms with Crippen molar-refractivity contribution in [2.45, 2.75) is 20.7 Å². The molecule has 1 heterocycles. The van der Waals surface area contributed by atoms with Crippen LogP contribution in [0.2, 0.25) is 0 Å². The fourth-order valence-corrected chi connectivity index (χ4v) is 3.45. The van der Waals surface area contributed by atoms with Gasteiger partial charge in [-0.05, 0) is 72.8 Å². The first-order valence-corrected chi connectivity index (χ1v) is 9.54. The van der Waals surface area contributed by atoms with Crippen LogP contribution in [0.25, 0.3) is 33.5 Å². The molecule has 0 aliphatic heterocycles. The van der Waals surface area contributed by atoms with E-state index in [1.807, 2.05) is 49.0 Å². The smallest absolute Gasteiger partial charge is 0.105 e. The van der Waals surface area contributed by atoms with Gasteiger partial charge in [-0.25, -0.2) is 4.98 Å². The largest absolute Gasteiger partial charge is 0.338 e. The highest BCUT2D eigenvalue weighted by molar-refractivity contribution is 5.76. The molecule has 0 saturated heterocycles. The minimum absolute atomic E-state index is 0.297. The van der Waals surface area contributed by atoms with Gasteiger partial charge in [0.15, 0.2) is 0 Å². The van der Waals surface area contributed by atoms with Crippen LogP contribution in [0.4, 0.5) is 0 Å². The van der Waals surface area contributed by atoms with Crippen LogP contribution in [0.3, 0.4) is 0 Å². The summed E-state index contributed by atoms with van der Waals surface area (Å²) in [6, 6.07) is 21.8. The Labute approximate surface area is 177 Å². The molecule has 0 bridgehead atoms. The van der Waals surface area contributed by atoms with Gasteiger partial charge < -0.3 is 4.57 Å². The lowest BCUT2D eigenvalue weighted by molar-refractivity contribution is 0.858. The van der Waals surface area contributed by atoms with E-state index in [9.17, 15) is 0 Å². The van der Waals surface area contributed by atoms with Gasteiger partial charge in [0.2, 0.25) is 0 Å². The summed E-state index contributed by atoms with van der Waals surface area (Å²) in [4.78, 5) is 4.64. The van der Waals surface area contributed by atoms with E-state index in [4.69, 9.17) is 4.11 Å². The number of benzene rings is 3. The highest BCUT2D eigenvalue weighted by Gasteiger charge is 2.08. The first-order chi connectivity index (χ1) is 15.2. The van der Waals surface area contributed by atoms with Crippen LogP contribution in [0, 0.1) is 25.6 Å². The zero-order valence-corrected chi connectivity index (χ0v) is 16.8. The quantitative estimate of drug-likeness (QED) is 0.376. The van der Waals surface area contributed by atoms with Crippen LogP contribution < -0.4 is 0 Å². The summed E-state index contributed by atoms with van der Waals surface area (Å²) in [6.07, 6.45) is 2.03. The van der Waals surface area contributed by atoms with Gasteiger partial charge in [-0.2, -0.15) is 0 Å². The standard InChI is InChI=1S/C27H24N2/c1-5-8-21-13-19(2)14-26(15-21)24-11-6-9-22(16-24)23-10-7-12-25(17-23)27-18-29(4)20(3)28-27/h6-7,9-18H,1-4H3/i2D3. The Hall–Kier alpha value is -3.57. The van der Waals surface area contributed by atoms with E-state index in [1.54, 1.807) is 19.1 Å². The number of nitrogens with zero attached hydrogens (tertiary/aromatic N) is 2. The highest BCUT2D eigenvalue weighted by atomic mass is 15.0. The molecule has 2 nitrogen and oxygen atoms in total. The summed E-state index contributed by atoms with van der Waals surface area (Å²) in [5.41, 5.74) is 6.92. The van der Waals surface area contributed by atoms with E-state index in [2.05, 4.69) is 47.2 Å². The molecule has 0 amide bonds. The molecule has 0 radical (unpaired) electrons. The number of rotatable bonds is 3. The van der Waals surface area contributed by atoms with Crippen LogP contribution in [0.1, 0.15) is 28.0 Å². The molecule has 0 spiro atoms. The van der Waals surface area contributed by atoms with Gasteiger partial charge in [-0.3, -0.25) is 0 Å². The fourth-order valence-electron chi connectivity index (χ4n) is 3.45. The molecular formula is C27H24N2. The maximum atomic E-state index is 7.84. The van der Waals surface area contributed by atoms with Gasteiger partial charge in [-0.15, -0.1) is 5.92 Å². The van der Waals surface area contributed by atoms with Crippen molar-refractivity contribution in [2.24, 2.45) is 7.05 Å². The molecule has 2 heteroatoms. The Bertz CT molecular complexity index is 1330. The lowest BCUT2D eigenvalue weighted by atomic mass is 9.96. The van der Waals surface area contributed by atoms with Crippen LogP contribution in [0.5, 0.6) is 0 Å². The monoisotopic (exact) mass is 379 g/mol. The Kier molecular flexibility index (Phi) is 4.14. The third kappa shape index (κ3) is 4.00. The van der Waals surface area contributed by atoms with E-state index in [0.29, 0.717) is 11.1 Å². The van der Waals surface area contributed by atoms with Crippen LogP contribution in [-0.4, -0.2) is 9.55 Å². The van der Waals surface area contributed by atoms with Gasteiger partial charge in [-0.1, -0.05) is 48.4 Å². The minimum atomic E-state index is -2.19. The van der Waals surface area contributed by atoms with Gasteiger partial charge in [0.25, 0.3) is 0 Å². The van der Waals surface area contributed by atoms with Crippen LogP contribution in [0.15, 0.2) is 72.9 Å². The highest BCUT2D eigenvalue weighted by Crippen LogP contribution is 2.30. The van der Waals surface area contributed by atoms with Gasteiger partial charge >= 0.3 is 0 Å². The van der Waals surface area contributed by atoms with Crippen molar-refractivity contribution in [2.75, 3.05) is 0 Å². The maximum Gasteiger partial charge on any atom is 0.105 e. The second kappa shape index (κ2) is 7.81. The topological polar surface area (TPSA) is 17.8 Å². The van der Waals surface area contributed by atoms with Gasteiger partial charge in [0.1, 0.15) is 5.82 Å². The molecule has 3 aromatic carbocycles. The molecular weight excluding hydrogens is 352 g/mol. The normalized spacial score (nSPS) is 12.4. The third-order valence-electron chi connectivity index (χ3n) is 5.00. The lowest BCUT2D eigenvalue weighted by Crippen LogP contribution is -1.86. The zero-order valence-electron chi connectivity index (χ0n) is 19.8. The number of hydrogen-bond donors (Lipinski definition) is 0. The van der Waals surface area contributed by atoms with Gasteiger partial charge in [0, 0.05) is 28.5 Å². The molecule has 29 heavy (non-hydrogen) atoms. The molecule has 0 fully saturated rings. The van der Waals surface area contributed by atoms with Crippen molar-refractivity contribution in [1.82, 2.24) is 9.55 Å². The van der Waals surface area contributed by atoms with Gasteiger partial charge in [0.05, 0.1) is 5.69 Å². The van der Waals surface area contributed by atoms with Crippen molar-refractivity contribution in [3.63, 3.8) is 0 Å². The third-order valence-corrected chi connectivity index (χ3v) is 5.00. The Morgan fingerprint density at radius 3 is 2.14 bits per heavy atom. The average Bonchev–Trinajstić information content (AvgIpc) is 3.12. The summed E-state index contributed by atoms with van der Waals surface area (Å²) in [5.74, 6) is 6.83. The summed E-state index contributed by atoms with van der Waals surface area (Å²) in [5, 5.41) is 0.